The van der Waals surface area contributed by atoms with E-state index in [1.54, 1.807) is 11.1 Å². The molecule has 0 N–H and O–H groups in total. The van der Waals surface area contributed by atoms with E-state index in [0.717, 1.165) is 39.4 Å². The van der Waals surface area contributed by atoms with Crippen LogP contribution in [0.25, 0.3) is 0 Å². The van der Waals surface area contributed by atoms with Crippen LogP contribution in [0.5, 0.6) is 0 Å². The molecule has 0 spiro atoms. The van der Waals surface area contributed by atoms with Crippen molar-refractivity contribution in [3.8, 4) is 0 Å². The number of fused-ring (bicyclic) bond motifs is 1. The molecule has 1 aromatic carbocycles. The van der Waals surface area contributed by atoms with Gasteiger partial charge < -0.3 is 4.90 Å². The molecule has 0 bridgehead atoms. The molecule has 2 saturated heterocycles. The number of anilines is 1. The lowest BCUT2D eigenvalue weighted by Crippen LogP contribution is -2.51. The molecule has 2 fully saturated rings. The maximum absolute atomic E-state index is 15.9. The third-order valence-corrected chi connectivity index (χ3v) is 8.06. The Morgan fingerprint density at radius 3 is 2.85 bits per heavy atom. The third kappa shape index (κ3) is 3.95. The molecule has 2 unspecified atom stereocenters. The molecule has 3 aliphatic heterocycles. The summed E-state index contributed by atoms with van der Waals surface area (Å²) in [4.78, 5) is 37.4. The van der Waals surface area contributed by atoms with Crippen LogP contribution in [0.1, 0.15) is 29.0 Å². The van der Waals surface area contributed by atoms with E-state index < -0.39 is 17.5 Å². The number of benzene rings is 1. The van der Waals surface area contributed by atoms with Gasteiger partial charge in [0.15, 0.2) is 5.67 Å². The van der Waals surface area contributed by atoms with Gasteiger partial charge in [0.2, 0.25) is 0 Å². The van der Waals surface area contributed by atoms with E-state index in [1.807, 2.05) is 37.4 Å². The number of carbonyl (C=O) groups is 2. The Labute approximate surface area is 196 Å². The van der Waals surface area contributed by atoms with Crippen LogP contribution in [-0.2, 0) is 9.59 Å². The van der Waals surface area contributed by atoms with E-state index in [4.69, 9.17) is 0 Å². The molecular weight excluding hydrogens is 439 g/mol. The van der Waals surface area contributed by atoms with Gasteiger partial charge >= 0.3 is 0 Å². The van der Waals surface area contributed by atoms with Gasteiger partial charge in [0.05, 0.1) is 12.3 Å². The minimum absolute atomic E-state index is 0.176. The second-order valence-corrected chi connectivity index (χ2v) is 10.1. The number of rotatable bonds is 5. The molecule has 0 saturated carbocycles. The molecule has 6 nitrogen and oxygen atoms in total. The lowest BCUT2D eigenvalue weighted by Gasteiger charge is -2.37. The number of thiazole rings is 1. The van der Waals surface area contributed by atoms with Gasteiger partial charge in [-0.1, -0.05) is 6.07 Å². The molecule has 1 amide bonds. The van der Waals surface area contributed by atoms with E-state index in [9.17, 15) is 9.59 Å². The maximum Gasteiger partial charge on any atom is 0.265 e. The third-order valence-electron chi connectivity index (χ3n) is 7.23. The van der Waals surface area contributed by atoms with Gasteiger partial charge in [-0.15, -0.1) is 11.3 Å². The van der Waals surface area contributed by atoms with E-state index in [0.29, 0.717) is 44.7 Å². The summed E-state index contributed by atoms with van der Waals surface area (Å²) in [6, 6.07) is 5.85. The predicted molar refractivity (Wildman–Crippen MR) is 128 cm³/mol. The number of nitrogens with zero attached hydrogens (tertiary/aromatic N) is 4. The van der Waals surface area contributed by atoms with Crippen molar-refractivity contribution < 1.29 is 14.0 Å². The lowest BCUT2D eigenvalue weighted by atomic mass is 9.84. The highest BCUT2D eigenvalue weighted by molar-refractivity contribution is 7.11. The van der Waals surface area contributed by atoms with Crippen molar-refractivity contribution in [1.82, 2.24) is 9.88 Å². The number of likely N-dealkylation sites (tertiary alicyclic amines) is 1. The van der Waals surface area contributed by atoms with Crippen molar-refractivity contribution in [1.29, 1.82) is 0 Å². The monoisotopic (exact) mass is 466 g/mol. The summed E-state index contributed by atoms with van der Waals surface area (Å²) < 4.78 is 15.9. The number of hydrogen-bond acceptors (Lipinski definition) is 6. The van der Waals surface area contributed by atoms with Gasteiger partial charge in [-0.05, 0) is 42.7 Å². The average molecular weight is 467 g/mol. The molecule has 5 rings (SSSR count). The van der Waals surface area contributed by atoms with E-state index >= 15 is 4.39 Å². The zero-order valence-corrected chi connectivity index (χ0v) is 19.7. The highest BCUT2D eigenvalue weighted by atomic mass is 32.1. The van der Waals surface area contributed by atoms with E-state index in [1.165, 1.54) is 11.3 Å². The lowest BCUT2D eigenvalue weighted by molar-refractivity contribution is -0.131. The largest absolute Gasteiger partial charge is 0.309 e. The van der Waals surface area contributed by atoms with Crippen LogP contribution in [0.3, 0.4) is 0 Å². The quantitative estimate of drug-likeness (QED) is 0.633. The predicted octanol–water partition coefficient (Wildman–Crippen LogP) is 3.53. The van der Waals surface area contributed by atoms with Crippen LogP contribution < -0.4 is 4.90 Å². The van der Waals surface area contributed by atoms with Crippen LogP contribution >= 0.6 is 11.3 Å². The Kier molecular flexibility index (Phi) is 5.74. The summed E-state index contributed by atoms with van der Waals surface area (Å²) in [5, 5.41) is 2.80. The standard InChI is InChI=1S/C25H27FN4O2S/c1-16-3-4-21(9-17(16)2)30-14-20-13-29(7-5-25(20,26)24(30)32)12-18-10-22(23-27-6-8-33-23)28-11-19(18)15-31/h3-4,6,8-9,15,20H,5,7,10-14H2,1-2H3. The first-order valence-electron chi connectivity index (χ1n) is 11.3. The maximum atomic E-state index is 15.9. The molecule has 0 aliphatic carbocycles. The number of amides is 1. The Bertz CT molecular complexity index is 1160. The summed E-state index contributed by atoms with van der Waals surface area (Å²) in [6.07, 6.45) is 3.40. The van der Waals surface area contributed by atoms with Crippen molar-refractivity contribution in [2.75, 3.05) is 37.6 Å². The number of aliphatic imine (C=N–C) groups is 1. The van der Waals surface area contributed by atoms with Crippen LogP contribution in [0.4, 0.5) is 10.1 Å². The van der Waals surface area contributed by atoms with Gasteiger partial charge in [-0.25, -0.2) is 9.37 Å². The molecule has 8 heteroatoms. The van der Waals surface area contributed by atoms with E-state index in [-0.39, 0.29) is 6.42 Å². The molecular formula is C25H27FN4O2S. The number of aldehydes is 1. The van der Waals surface area contributed by atoms with Crippen molar-refractivity contribution in [2.45, 2.75) is 32.4 Å². The van der Waals surface area contributed by atoms with Gasteiger partial charge in [0.1, 0.15) is 11.3 Å². The number of hydrogen-bond donors (Lipinski definition) is 0. The molecule has 0 radical (unpaired) electrons. The zero-order valence-electron chi connectivity index (χ0n) is 18.9. The number of piperidine rings is 1. The Morgan fingerprint density at radius 1 is 1.27 bits per heavy atom. The summed E-state index contributed by atoms with van der Waals surface area (Å²) in [5.41, 5.74) is 3.81. The smallest absolute Gasteiger partial charge is 0.265 e. The summed E-state index contributed by atoms with van der Waals surface area (Å²) >= 11 is 1.54. The second kappa shape index (κ2) is 8.57. The van der Waals surface area contributed by atoms with Crippen LogP contribution in [0.15, 0.2) is 45.9 Å². The highest BCUT2D eigenvalue weighted by Crippen LogP contribution is 2.42. The minimum Gasteiger partial charge on any atom is -0.309 e. The SMILES string of the molecule is Cc1ccc(N2CC3CN(CC4=C(C=O)CN=C(c5nccs5)C4)CCC3(F)C2=O)cc1C. The Balaban J connectivity index is 1.31. The van der Waals surface area contributed by atoms with E-state index in [2.05, 4.69) is 14.9 Å². The van der Waals surface area contributed by atoms with Gasteiger partial charge in [-0.3, -0.25) is 19.5 Å². The molecule has 2 aromatic rings. The fraction of sp³-hybridized carbons (Fsp3) is 0.440. The van der Waals surface area contributed by atoms with Gasteiger partial charge in [0, 0.05) is 67.8 Å². The summed E-state index contributed by atoms with van der Waals surface area (Å²) in [7, 11) is 0. The number of carbonyl (C=O) groups excluding carboxylic acids is 2. The number of halogens is 1. The minimum atomic E-state index is -1.82. The molecule has 1 aromatic heterocycles. The van der Waals surface area contributed by atoms with Gasteiger partial charge in [0.25, 0.3) is 5.91 Å². The fourth-order valence-electron chi connectivity index (χ4n) is 5.07. The zero-order chi connectivity index (χ0) is 23.2. The first-order valence-corrected chi connectivity index (χ1v) is 12.2. The Hall–Kier alpha value is -2.71. The van der Waals surface area contributed by atoms with Crippen molar-refractivity contribution in [3.05, 3.63) is 57.1 Å². The van der Waals surface area contributed by atoms with Crippen molar-refractivity contribution >= 4 is 34.9 Å². The molecule has 172 valence electrons. The second-order valence-electron chi connectivity index (χ2n) is 9.25. The molecule has 4 heterocycles. The topological polar surface area (TPSA) is 65.9 Å². The molecule has 3 aliphatic rings. The number of aromatic nitrogens is 1. The first-order chi connectivity index (χ1) is 15.9. The fourth-order valence-corrected chi connectivity index (χ4v) is 5.71. The average Bonchev–Trinajstić information content (AvgIpc) is 3.43. The van der Waals surface area contributed by atoms with Crippen LogP contribution in [0.2, 0.25) is 0 Å². The van der Waals surface area contributed by atoms with Crippen molar-refractivity contribution in [2.24, 2.45) is 10.9 Å². The normalized spacial score (nSPS) is 25.9. The van der Waals surface area contributed by atoms with Gasteiger partial charge in [-0.2, -0.15) is 0 Å². The van der Waals surface area contributed by atoms with Crippen molar-refractivity contribution in [3.63, 3.8) is 0 Å². The first kappa shape index (κ1) is 22.1. The number of aryl methyl sites for hydroxylation is 2. The summed E-state index contributed by atoms with van der Waals surface area (Å²) in [5.74, 6) is -0.810. The summed E-state index contributed by atoms with van der Waals surface area (Å²) in [6.45, 7) is 6.32. The number of alkyl halides is 1. The number of dihydropyridines is 1. The highest BCUT2D eigenvalue weighted by Gasteiger charge is 2.57. The molecule has 33 heavy (non-hydrogen) atoms. The molecule has 2 atom stereocenters. The Morgan fingerprint density at radius 2 is 2.12 bits per heavy atom. The van der Waals surface area contributed by atoms with Crippen LogP contribution in [0, 0.1) is 19.8 Å². The van der Waals surface area contributed by atoms with Crippen LogP contribution in [-0.4, -0.2) is 66.2 Å².